The van der Waals surface area contributed by atoms with Crippen molar-refractivity contribution < 1.29 is 24.5 Å². The van der Waals surface area contributed by atoms with Crippen molar-refractivity contribution in [2.24, 2.45) is 0 Å². The average molecular weight is 825 g/mol. The van der Waals surface area contributed by atoms with Gasteiger partial charge in [0.1, 0.15) is 17.5 Å². The molecule has 144 valence electrons. The molecular formula is C17H13I4NO5. The average Bonchev–Trinajstić information content (AvgIpc) is 2.54. The van der Waals surface area contributed by atoms with Gasteiger partial charge in [0.25, 0.3) is 0 Å². The van der Waals surface area contributed by atoms with Crippen LogP contribution in [0.25, 0.3) is 0 Å². The number of benzene rings is 2. The molecule has 6 nitrogen and oxygen atoms in total. The Balaban J connectivity index is 2.29. The zero-order valence-corrected chi connectivity index (χ0v) is 22.4. The van der Waals surface area contributed by atoms with Crippen molar-refractivity contribution in [1.82, 2.24) is 5.32 Å². The van der Waals surface area contributed by atoms with Crippen molar-refractivity contribution in [3.63, 3.8) is 0 Å². The monoisotopic (exact) mass is 825 g/mol. The van der Waals surface area contributed by atoms with E-state index in [9.17, 15) is 19.8 Å². The van der Waals surface area contributed by atoms with Gasteiger partial charge in [-0.05, 0) is 120 Å². The van der Waals surface area contributed by atoms with Crippen LogP contribution in [0.15, 0.2) is 24.3 Å². The molecule has 10 heteroatoms. The summed E-state index contributed by atoms with van der Waals surface area (Å²) in [5.41, 5.74) is 0.784. The third-order valence-corrected chi connectivity index (χ3v) is 6.63. The molecule has 0 radical (unpaired) electrons. The first kappa shape index (κ1) is 23.2. The minimum Gasteiger partial charge on any atom is -0.506 e. The van der Waals surface area contributed by atoms with Gasteiger partial charge in [0.05, 0.1) is 14.3 Å². The van der Waals surface area contributed by atoms with Gasteiger partial charge in [0.15, 0.2) is 5.75 Å². The summed E-state index contributed by atoms with van der Waals surface area (Å²) in [6.45, 7) is 1.29. The summed E-state index contributed by atoms with van der Waals surface area (Å²) in [7, 11) is 0. The molecule has 1 atom stereocenters. The Labute approximate surface area is 210 Å². The summed E-state index contributed by atoms with van der Waals surface area (Å²) >= 11 is 8.35. The maximum absolute atomic E-state index is 11.3. The van der Waals surface area contributed by atoms with Gasteiger partial charge in [-0.15, -0.1) is 0 Å². The summed E-state index contributed by atoms with van der Waals surface area (Å²) in [6.07, 6.45) is 0.177. The maximum Gasteiger partial charge on any atom is 0.326 e. The van der Waals surface area contributed by atoms with E-state index in [1.54, 1.807) is 12.1 Å². The van der Waals surface area contributed by atoms with Crippen molar-refractivity contribution in [2.45, 2.75) is 19.4 Å². The Morgan fingerprint density at radius 2 is 1.56 bits per heavy atom. The van der Waals surface area contributed by atoms with Crippen LogP contribution in [0.3, 0.4) is 0 Å². The molecule has 0 aromatic heterocycles. The number of phenolic OH excluding ortho intramolecular Hbond substituents is 1. The number of amides is 1. The Bertz CT molecular complexity index is 857. The highest BCUT2D eigenvalue weighted by Crippen LogP contribution is 2.36. The number of carbonyl (C=O) groups is 2. The molecular weight excluding hydrogens is 812 g/mol. The van der Waals surface area contributed by atoms with Crippen LogP contribution in [0.2, 0.25) is 0 Å². The second-order valence-electron chi connectivity index (χ2n) is 5.52. The van der Waals surface area contributed by atoms with Gasteiger partial charge in [-0.3, -0.25) is 4.79 Å². The van der Waals surface area contributed by atoms with E-state index in [4.69, 9.17) is 4.74 Å². The molecule has 0 fully saturated rings. The number of carbonyl (C=O) groups excluding carboxylic acids is 1. The van der Waals surface area contributed by atoms with Crippen LogP contribution in [0.4, 0.5) is 0 Å². The molecule has 0 bridgehead atoms. The van der Waals surface area contributed by atoms with Crippen LogP contribution in [0.5, 0.6) is 17.2 Å². The number of ether oxygens (including phenoxy) is 1. The van der Waals surface area contributed by atoms with Gasteiger partial charge < -0.3 is 20.3 Å². The molecule has 0 aliphatic heterocycles. The number of aromatic hydroxyl groups is 1. The predicted molar refractivity (Wildman–Crippen MR) is 134 cm³/mol. The fraction of sp³-hybridized carbons (Fsp3) is 0.176. The minimum atomic E-state index is -1.08. The van der Waals surface area contributed by atoms with Gasteiger partial charge in [-0.25, -0.2) is 4.79 Å². The summed E-state index contributed by atoms with van der Waals surface area (Å²) in [5, 5.41) is 21.6. The fourth-order valence-corrected chi connectivity index (χ4v) is 6.06. The molecule has 0 aliphatic rings. The first-order valence-electron chi connectivity index (χ1n) is 7.42. The second-order valence-corrected chi connectivity index (χ2v) is 10.2. The highest BCUT2D eigenvalue weighted by molar-refractivity contribution is 14.1. The van der Waals surface area contributed by atoms with Gasteiger partial charge in [-0.2, -0.15) is 0 Å². The van der Waals surface area contributed by atoms with Crippen molar-refractivity contribution in [3.05, 3.63) is 44.1 Å². The summed E-state index contributed by atoms with van der Waals surface area (Å²) < 4.78 is 9.03. The van der Waals surface area contributed by atoms with Crippen molar-refractivity contribution in [3.8, 4) is 17.2 Å². The number of nitrogens with one attached hydrogen (secondary N) is 1. The van der Waals surface area contributed by atoms with E-state index < -0.39 is 12.0 Å². The number of carboxylic acids is 1. The SMILES string of the molecule is CC(=O)N[C@H](Cc1cc(I)c(O[13c]2[13cH][13c](I)[13c](O)[13c](I)[13cH]2)c(I)c1)C(=O)O. The summed E-state index contributed by atoms with van der Waals surface area (Å²) in [6, 6.07) is 6.18. The topological polar surface area (TPSA) is 95.9 Å². The molecule has 0 heterocycles. The third-order valence-electron chi connectivity index (χ3n) is 3.38. The van der Waals surface area contributed by atoms with E-state index in [-0.39, 0.29) is 18.1 Å². The predicted octanol–water partition coefficient (Wildman–Crippen LogP) is 4.73. The number of halogens is 4. The summed E-state index contributed by atoms with van der Waals surface area (Å²) in [5.74, 6) is 0.0172. The molecule has 0 spiro atoms. The van der Waals surface area contributed by atoms with E-state index in [0.29, 0.717) is 18.6 Å². The zero-order chi connectivity index (χ0) is 20.3. The van der Waals surface area contributed by atoms with E-state index >= 15 is 0 Å². The lowest BCUT2D eigenvalue weighted by atomic mass is 10.1. The number of carboxylic acid groups (broad SMARTS) is 1. The number of hydrogen-bond donors (Lipinski definition) is 3. The van der Waals surface area contributed by atoms with Crippen LogP contribution < -0.4 is 10.1 Å². The fourth-order valence-electron chi connectivity index (χ4n) is 2.23. The molecule has 2 aromatic carbocycles. The molecule has 3 N–H and O–H groups in total. The van der Waals surface area contributed by atoms with Crippen molar-refractivity contribution in [2.75, 3.05) is 0 Å². The molecule has 0 saturated heterocycles. The van der Waals surface area contributed by atoms with Crippen LogP contribution in [-0.2, 0) is 16.0 Å². The lowest BCUT2D eigenvalue weighted by Crippen LogP contribution is -2.41. The smallest absolute Gasteiger partial charge is 0.326 e. The van der Waals surface area contributed by atoms with Gasteiger partial charge >= 0.3 is 5.97 Å². The highest BCUT2D eigenvalue weighted by Gasteiger charge is 2.20. The lowest BCUT2D eigenvalue weighted by molar-refractivity contribution is -0.141. The number of rotatable bonds is 6. The van der Waals surface area contributed by atoms with Gasteiger partial charge in [0, 0.05) is 13.3 Å². The molecule has 0 unspecified atom stereocenters. The molecule has 2 aromatic rings. The van der Waals surface area contributed by atoms with Crippen LogP contribution in [0, 0.1) is 14.3 Å². The Hall–Kier alpha value is -0.100. The van der Waals surface area contributed by atoms with Crippen LogP contribution in [0.1, 0.15) is 12.5 Å². The van der Waals surface area contributed by atoms with E-state index in [2.05, 4.69) is 50.5 Å². The summed E-state index contributed by atoms with van der Waals surface area (Å²) in [4.78, 5) is 22.5. The second kappa shape index (κ2) is 10.1. The molecule has 27 heavy (non-hydrogen) atoms. The Morgan fingerprint density at radius 1 is 1.04 bits per heavy atom. The van der Waals surface area contributed by atoms with E-state index in [1.807, 2.05) is 57.3 Å². The molecule has 0 saturated carbocycles. The van der Waals surface area contributed by atoms with Gasteiger partial charge in [-0.1, -0.05) is 0 Å². The first-order valence-corrected chi connectivity index (χ1v) is 11.7. The largest absolute Gasteiger partial charge is 0.506 e. The third kappa shape index (κ3) is 6.45. The molecule has 2 rings (SSSR count). The van der Waals surface area contributed by atoms with Crippen LogP contribution >= 0.6 is 90.4 Å². The first-order chi connectivity index (χ1) is 12.6. The molecule has 0 aliphatic carbocycles. The number of phenols is 1. The maximum atomic E-state index is 11.3. The quantitative estimate of drug-likeness (QED) is 0.367. The Morgan fingerprint density at radius 3 is 2.00 bits per heavy atom. The normalized spacial score (nSPS) is 11.7. The minimum absolute atomic E-state index is 0.177. The zero-order valence-electron chi connectivity index (χ0n) is 13.7. The van der Waals surface area contributed by atoms with E-state index in [1.165, 1.54) is 6.92 Å². The van der Waals surface area contributed by atoms with Gasteiger partial charge in [0.2, 0.25) is 5.91 Å². The Kier molecular flexibility index (Phi) is 8.66. The van der Waals surface area contributed by atoms with Crippen molar-refractivity contribution in [1.29, 1.82) is 0 Å². The highest BCUT2D eigenvalue weighted by atomic mass is 127. The number of hydrogen-bond acceptors (Lipinski definition) is 4. The number of aliphatic carboxylic acids is 1. The standard InChI is InChI=1S/C17H13I4NO5/c1-7(23)22-14(17(25)26)4-8-2-12(20)16(13(21)3-8)27-9-5-10(18)15(24)11(19)6-9/h2-3,5-6,14,24H,4H2,1H3,(H,22,23)(H,25,26)/t14-/m1/s1/i5+1,6+1,9+1,10+1,11+1,15+1. The lowest BCUT2D eigenvalue weighted by Gasteiger charge is -2.16. The van der Waals surface area contributed by atoms with E-state index in [0.717, 1.165) is 12.7 Å². The molecule has 1 amide bonds. The van der Waals surface area contributed by atoms with Crippen molar-refractivity contribution >= 4 is 102 Å². The van der Waals surface area contributed by atoms with Crippen LogP contribution in [-0.4, -0.2) is 28.1 Å².